The first kappa shape index (κ1) is 19.4. The van der Waals surface area contributed by atoms with Gasteiger partial charge in [0.15, 0.2) is 5.65 Å². The van der Waals surface area contributed by atoms with Crippen molar-refractivity contribution in [2.75, 3.05) is 5.32 Å². The molecule has 2 aromatic heterocycles. The van der Waals surface area contributed by atoms with E-state index in [1.165, 1.54) is 12.4 Å². The number of amides is 1. The number of hydrogen-bond acceptors (Lipinski definition) is 5. The number of hydrogen-bond donors (Lipinski definition) is 1. The molecule has 0 aliphatic rings. The van der Waals surface area contributed by atoms with E-state index in [1.807, 2.05) is 0 Å². The number of halogens is 4. The number of rotatable bonds is 4. The molecule has 0 spiro atoms. The summed E-state index contributed by atoms with van der Waals surface area (Å²) in [5.41, 5.74) is -0.374. The van der Waals surface area contributed by atoms with Crippen molar-refractivity contribution in [2.24, 2.45) is 7.05 Å². The number of carbonyl (C=O) groups is 1. The van der Waals surface area contributed by atoms with E-state index in [2.05, 4.69) is 20.4 Å². The summed E-state index contributed by atoms with van der Waals surface area (Å²) in [6.45, 7) is 1.63. The SMILES string of the molecule is C[C@H](Sc1ncnc2c1cnn2C)C(=O)Nc1ccc(Cl)c(C(F)(F)F)c1. The first-order chi connectivity index (χ1) is 12.7. The van der Waals surface area contributed by atoms with Gasteiger partial charge in [-0.15, -0.1) is 0 Å². The largest absolute Gasteiger partial charge is 0.417 e. The average molecular weight is 416 g/mol. The summed E-state index contributed by atoms with van der Waals surface area (Å²) in [6, 6.07) is 3.22. The zero-order valence-corrected chi connectivity index (χ0v) is 15.7. The van der Waals surface area contributed by atoms with Crippen molar-refractivity contribution in [2.45, 2.75) is 23.4 Å². The topological polar surface area (TPSA) is 72.7 Å². The van der Waals surface area contributed by atoms with E-state index < -0.39 is 27.9 Å². The van der Waals surface area contributed by atoms with Crippen LogP contribution in [-0.4, -0.2) is 30.9 Å². The predicted molar refractivity (Wildman–Crippen MR) is 96.7 cm³/mol. The molecule has 1 atom stereocenters. The Morgan fingerprint density at radius 3 is 2.78 bits per heavy atom. The van der Waals surface area contributed by atoms with Gasteiger partial charge in [0, 0.05) is 12.7 Å². The fourth-order valence-corrected chi connectivity index (χ4v) is 3.42. The van der Waals surface area contributed by atoms with Crippen LogP contribution in [0.4, 0.5) is 18.9 Å². The summed E-state index contributed by atoms with van der Waals surface area (Å²) in [5.74, 6) is -0.467. The second-order valence-corrected chi connectivity index (χ2v) is 7.36. The van der Waals surface area contributed by atoms with Crippen molar-refractivity contribution in [1.29, 1.82) is 0 Å². The molecule has 3 aromatic rings. The molecule has 27 heavy (non-hydrogen) atoms. The summed E-state index contributed by atoms with van der Waals surface area (Å²) in [5, 5.41) is 6.77. The minimum atomic E-state index is -4.61. The molecule has 0 fully saturated rings. The van der Waals surface area contributed by atoms with Crippen LogP contribution in [0, 0.1) is 0 Å². The van der Waals surface area contributed by atoms with Gasteiger partial charge in [-0.2, -0.15) is 18.3 Å². The van der Waals surface area contributed by atoms with Gasteiger partial charge in [-0.3, -0.25) is 9.48 Å². The Labute approximate surface area is 161 Å². The molecule has 0 aliphatic carbocycles. The molecule has 1 amide bonds. The van der Waals surface area contributed by atoms with E-state index in [1.54, 1.807) is 24.9 Å². The third-order valence-electron chi connectivity index (χ3n) is 3.69. The normalized spacial score (nSPS) is 13.0. The number of alkyl halides is 3. The van der Waals surface area contributed by atoms with Gasteiger partial charge < -0.3 is 5.32 Å². The molecular formula is C16H13ClF3N5OS. The third kappa shape index (κ3) is 4.16. The molecule has 3 rings (SSSR count). The van der Waals surface area contributed by atoms with Crippen LogP contribution in [0.1, 0.15) is 12.5 Å². The Balaban J connectivity index is 1.76. The van der Waals surface area contributed by atoms with Crippen LogP contribution in [0.25, 0.3) is 11.0 Å². The van der Waals surface area contributed by atoms with Crippen molar-refractivity contribution < 1.29 is 18.0 Å². The van der Waals surface area contributed by atoms with Crippen molar-refractivity contribution in [1.82, 2.24) is 19.7 Å². The van der Waals surface area contributed by atoms with Crippen LogP contribution in [0.5, 0.6) is 0 Å². The molecule has 1 aromatic carbocycles. The molecule has 0 bridgehead atoms. The molecule has 1 N–H and O–H groups in total. The van der Waals surface area contributed by atoms with Crippen LogP contribution >= 0.6 is 23.4 Å². The summed E-state index contributed by atoms with van der Waals surface area (Å²) >= 11 is 6.75. The Kier molecular flexibility index (Phi) is 5.29. The summed E-state index contributed by atoms with van der Waals surface area (Å²) in [7, 11) is 1.73. The molecule has 0 unspecified atom stereocenters. The second kappa shape index (κ2) is 7.35. The highest BCUT2D eigenvalue weighted by Crippen LogP contribution is 2.36. The number of thioether (sulfide) groups is 1. The Morgan fingerprint density at radius 1 is 1.33 bits per heavy atom. The fourth-order valence-electron chi connectivity index (χ4n) is 2.32. The number of benzene rings is 1. The lowest BCUT2D eigenvalue weighted by Gasteiger charge is -2.14. The molecule has 2 heterocycles. The number of carbonyl (C=O) groups excluding carboxylic acids is 1. The number of fused-ring (bicyclic) bond motifs is 1. The van der Waals surface area contributed by atoms with E-state index in [0.29, 0.717) is 16.1 Å². The Bertz CT molecular complexity index is 1010. The zero-order valence-electron chi connectivity index (χ0n) is 14.1. The van der Waals surface area contributed by atoms with Gasteiger partial charge in [-0.25, -0.2) is 9.97 Å². The lowest BCUT2D eigenvalue weighted by Crippen LogP contribution is -2.23. The molecule has 0 radical (unpaired) electrons. The number of nitrogens with zero attached hydrogens (tertiary/aromatic N) is 4. The van der Waals surface area contributed by atoms with Gasteiger partial charge in [-0.1, -0.05) is 23.4 Å². The number of anilines is 1. The first-order valence-electron chi connectivity index (χ1n) is 7.64. The minimum absolute atomic E-state index is 0.0124. The van der Waals surface area contributed by atoms with E-state index in [4.69, 9.17) is 11.6 Å². The number of aryl methyl sites for hydroxylation is 1. The maximum Gasteiger partial charge on any atom is 0.417 e. The van der Waals surface area contributed by atoms with E-state index in [-0.39, 0.29) is 5.69 Å². The predicted octanol–water partition coefficient (Wildman–Crippen LogP) is 4.15. The highest BCUT2D eigenvalue weighted by atomic mass is 35.5. The number of aromatic nitrogens is 4. The molecule has 0 aliphatic heterocycles. The zero-order chi connectivity index (χ0) is 19.8. The third-order valence-corrected chi connectivity index (χ3v) is 5.14. The fraction of sp³-hybridized carbons (Fsp3) is 0.250. The van der Waals surface area contributed by atoms with Crippen molar-refractivity contribution in [3.05, 3.63) is 41.3 Å². The lowest BCUT2D eigenvalue weighted by molar-refractivity contribution is -0.137. The van der Waals surface area contributed by atoms with E-state index in [9.17, 15) is 18.0 Å². The van der Waals surface area contributed by atoms with Gasteiger partial charge in [0.05, 0.1) is 27.4 Å². The standard InChI is InChI=1S/C16H13ClF3N5OS/c1-8(27-15-10-6-23-25(2)13(10)21-7-22-15)14(26)24-9-3-4-12(17)11(5-9)16(18,19)20/h3-8H,1-2H3,(H,24,26)/t8-/m0/s1. The van der Waals surface area contributed by atoms with Gasteiger partial charge in [-0.05, 0) is 25.1 Å². The molecule has 11 heteroatoms. The van der Waals surface area contributed by atoms with Gasteiger partial charge in [0.1, 0.15) is 11.4 Å². The van der Waals surface area contributed by atoms with E-state index in [0.717, 1.165) is 23.9 Å². The van der Waals surface area contributed by atoms with Gasteiger partial charge in [0.2, 0.25) is 5.91 Å². The Morgan fingerprint density at radius 2 is 2.07 bits per heavy atom. The van der Waals surface area contributed by atoms with Crippen molar-refractivity contribution >= 4 is 46.0 Å². The minimum Gasteiger partial charge on any atom is -0.325 e. The van der Waals surface area contributed by atoms with Gasteiger partial charge >= 0.3 is 6.18 Å². The smallest absolute Gasteiger partial charge is 0.325 e. The van der Waals surface area contributed by atoms with Gasteiger partial charge in [0.25, 0.3) is 0 Å². The van der Waals surface area contributed by atoms with Crippen LogP contribution in [0.2, 0.25) is 5.02 Å². The molecule has 142 valence electrons. The van der Waals surface area contributed by atoms with Crippen molar-refractivity contribution in [3.63, 3.8) is 0 Å². The van der Waals surface area contributed by atoms with E-state index >= 15 is 0 Å². The maximum atomic E-state index is 12.9. The molecule has 0 saturated heterocycles. The highest BCUT2D eigenvalue weighted by molar-refractivity contribution is 8.00. The first-order valence-corrected chi connectivity index (χ1v) is 8.89. The van der Waals surface area contributed by atoms with Crippen LogP contribution in [0.3, 0.4) is 0 Å². The van der Waals surface area contributed by atoms with Crippen molar-refractivity contribution in [3.8, 4) is 0 Å². The number of nitrogens with one attached hydrogen (secondary N) is 1. The highest BCUT2D eigenvalue weighted by Gasteiger charge is 2.33. The lowest BCUT2D eigenvalue weighted by atomic mass is 10.2. The van der Waals surface area contributed by atoms with Crippen LogP contribution in [0.15, 0.2) is 35.7 Å². The summed E-state index contributed by atoms with van der Waals surface area (Å²) in [4.78, 5) is 20.7. The monoisotopic (exact) mass is 415 g/mol. The maximum absolute atomic E-state index is 12.9. The molecule has 6 nitrogen and oxygen atoms in total. The molecular weight excluding hydrogens is 403 g/mol. The summed E-state index contributed by atoms with van der Waals surface area (Å²) in [6.07, 6.45) is -1.64. The summed E-state index contributed by atoms with van der Waals surface area (Å²) < 4.78 is 40.4. The quantitative estimate of drug-likeness (QED) is 0.512. The van der Waals surface area contributed by atoms with Crippen LogP contribution < -0.4 is 5.32 Å². The molecule has 0 saturated carbocycles. The Hall–Kier alpha value is -2.33. The van der Waals surface area contributed by atoms with Crippen LogP contribution in [-0.2, 0) is 18.0 Å². The second-order valence-electron chi connectivity index (χ2n) is 5.63. The average Bonchev–Trinajstić information content (AvgIpc) is 2.98.